The first-order chi connectivity index (χ1) is 12.9. The van der Waals surface area contributed by atoms with Crippen LogP contribution in [0.1, 0.15) is 28.4 Å². The summed E-state index contributed by atoms with van der Waals surface area (Å²) < 4.78 is 31.9. The van der Waals surface area contributed by atoms with Crippen molar-refractivity contribution in [1.29, 1.82) is 0 Å². The normalized spacial score (nSPS) is 15.5. The Balaban J connectivity index is 1.76. The van der Waals surface area contributed by atoms with E-state index in [9.17, 15) is 13.2 Å². The number of carbonyl (C=O) groups is 1. The first-order valence-corrected chi connectivity index (χ1v) is 10.4. The van der Waals surface area contributed by atoms with Crippen molar-refractivity contribution in [2.24, 2.45) is 0 Å². The third-order valence-corrected chi connectivity index (χ3v) is 6.60. The molecule has 0 unspecified atom stereocenters. The summed E-state index contributed by atoms with van der Waals surface area (Å²) >= 11 is 0. The second-order valence-corrected chi connectivity index (χ2v) is 8.44. The number of hydrogen-bond acceptors (Lipinski definition) is 4. The lowest BCUT2D eigenvalue weighted by atomic mass is 10.1. The zero-order chi connectivity index (χ0) is 19.4. The van der Waals surface area contributed by atoms with E-state index in [4.69, 9.17) is 4.74 Å². The van der Waals surface area contributed by atoms with Crippen molar-refractivity contribution in [3.63, 3.8) is 0 Å². The van der Waals surface area contributed by atoms with Crippen molar-refractivity contribution in [2.45, 2.75) is 25.2 Å². The van der Waals surface area contributed by atoms with E-state index >= 15 is 0 Å². The Morgan fingerprint density at radius 3 is 2.41 bits per heavy atom. The highest BCUT2D eigenvalue weighted by Gasteiger charge is 2.26. The summed E-state index contributed by atoms with van der Waals surface area (Å²) in [6, 6.07) is 12.0. The second-order valence-electron chi connectivity index (χ2n) is 6.50. The van der Waals surface area contributed by atoms with Crippen LogP contribution in [0.4, 0.5) is 5.69 Å². The molecule has 0 spiro atoms. The minimum atomic E-state index is -3.56. The third-order valence-electron chi connectivity index (χ3n) is 4.68. The van der Waals surface area contributed by atoms with Gasteiger partial charge < -0.3 is 10.1 Å². The van der Waals surface area contributed by atoms with Crippen LogP contribution < -0.4 is 5.32 Å². The lowest BCUT2D eigenvalue weighted by Crippen LogP contribution is -2.40. The number of aryl methyl sites for hydroxylation is 2. The highest BCUT2D eigenvalue weighted by atomic mass is 32.2. The molecule has 1 amide bonds. The Morgan fingerprint density at radius 1 is 1.11 bits per heavy atom. The molecular weight excluding hydrogens is 364 g/mol. The van der Waals surface area contributed by atoms with Gasteiger partial charge in [0.15, 0.2) is 0 Å². The van der Waals surface area contributed by atoms with E-state index in [0.717, 1.165) is 23.2 Å². The van der Waals surface area contributed by atoms with Crippen LogP contribution in [0, 0.1) is 6.92 Å². The number of benzene rings is 2. The quantitative estimate of drug-likeness (QED) is 0.855. The molecule has 0 bridgehead atoms. The molecule has 1 aliphatic heterocycles. The molecule has 144 valence electrons. The number of rotatable bonds is 5. The van der Waals surface area contributed by atoms with Crippen LogP contribution in [0.2, 0.25) is 0 Å². The lowest BCUT2D eigenvalue weighted by Gasteiger charge is -2.26. The summed E-state index contributed by atoms with van der Waals surface area (Å²) in [5.41, 5.74) is 3.30. The Bertz CT molecular complexity index is 917. The van der Waals surface area contributed by atoms with Crippen LogP contribution in [0.15, 0.2) is 47.4 Å². The Kier molecular flexibility index (Phi) is 5.94. The molecular formula is C20H24N2O4S. The molecule has 2 aromatic carbocycles. The van der Waals surface area contributed by atoms with E-state index < -0.39 is 10.0 Å². The number of sulfonamides is 1. The Morgan fingerprint density at radius 2 is 1.78 bits per heavy atom. The maximum atomic E-state index is 12.6. The van der Waals surface area contributed by atoms with E-state index in [1.54, 1.807) is 12.1 Å². The van der Waals surface area contributed by atoms with Crippen molar-refractivity contribution < 1.29 is 17.9 Å². The van der Waals surface area contributed by atoms with E-state index in [-0.39, 0.29) is 10.8 Å². The average molecular weight is 388 g/mol. The average Bonchev–Trinajstić information content (AvgIpc) is 2.70. The fourth-order valence-corrected chi connectivity index (χ4v) is 4.34. The lowest BCUT2D eigenvalue weighted by molar-refractivity contribution is 0.0730. The van der Waals surface area contributed by atoms with E-state index in [1.165, 1.54) is 16.4 Å². The number of carbonyl (C=O) groups excluding carboxylic acids is 1. The third kappa shape index (κ3) is 4.37. The van der Waals surface area contributed by atoms with Gasteiger partial charge in [0.1, 0.15) is 0 Å². The van der Waals surface area contributed by atoms with Gasteiger partial charge in [-0.05, 0) is 54.8 Å². The van der Waals surface area contributed by atoms with Gasteiger partial charge in [0, 0.05) is 24.3 Å². The number of ether oxygens (including phenoxy) is 1. The molecule has 0 saturated carbocycles. The number of nitrogens with one attached hydrogen (secondary N) is 1. The van der Waals surface area contributed by atoms with Gasteiger partial charge in [-0.3, -0.25) is 4.79 Å². The molecule has 0 atom stereocenters. The molecule has 1 N–H and O–H groups in total. The molecule has 1 aliphatic rings. The first kappa shape index (κ1) is 19.5. The first-order valence-electron chi connectivity index (χ1n) is 9.00. The van der Waals surface area contributed by atoms with Crippen LogP contribution in [0.25, 0.3) is 0 Å². The van der Waals surface area contributed by atoms with Gasteiger partial charge in [0.05, 0.1) is 18.1 Å². The summed E-state index contributed by atoms with van der Waals surface area (Å²) in [6.07, 6.45) is 0.886. The van der Waals surface area contributed by atoms with Crippen LogP contribution in [-0.2, 0) is 21.2 Å². The van der Waals surface area contributed by atoms with Gasteiger partial charge >= 0.3 is 0 Å². The Hall–Kier alpha value is -2.22. The predicted octanol–water partition coefficient (Wildman–Crippen LogP) is 2.83. The Labute approximate surface area is 160 Å². The SMILES string of the molecule is CCc1ccc(C)c(NC(=O)c2ccc(S(=O)(=O)N3CCOCC3)cc2)c1. The molecule has 0 aliphatic carbocycles. The van der Waals surface area contributed by atoms with Gasteiger partial charge in [0.2, 0.25) is 10.0 Å². The maximum Gasteiger partial charge on any atom is 0.255 e. The van der Waals surface area contributed by atoms with Crippen LogP contribution >= 0.6 is 0 Å². The minimum absolute atomic E-state index is 0.185. The summed E-state index contributed by atoms with van der Waals surface area (Å²) in [5.74, 6) is -0.262. The number of anilines is 1. The van der Waals surface area contributed by atoms with Gasteiger partial charge in [0.25, 0.3) is 5.91 Å². The standard InChI is InChI=1S/C20H24N2O4S/c1-3-16-5-4-15(2)19(14-16)21-20(23)17-6-8-18(9-7-17)27(24,25)22-10-12-26-13-11-22/h4-9,14H,3,10-13H2,1-2H3,(H,21,23). The van der Waals surface area contributed by atoms with E-state index in [2.05, 4.69) is 12.2 Å². The fraction of sp³-hybridized carbons (Fsp3) is 0.350. The van der Waals surface area contributed by atoms with Crippen molar-refractivity contribution in [1.82, 2.24) is 4.31 Å². The maximum absolute atomic E-state index is 12.6. The van der Waals surface area contributed by atoms with Gasteiger partial charge in [-0.1, -0.05) is 19.1 Å². The van der Waals surface area contributed by atoms with Gasteiger partial charge in [-0.15, -0.1) is 0 Å². The van der Waals surface area contributed by atoms with Crippen LogP contribution in [-0.4, -0.2) is 44.9 Å². The summed E-state index contributed by atoms with van der Waals surface area (Å²) in [4.78, 5) is 12.7. The van der Waals surface area contributed by atoms with Crippen molar-refractivity contribution in [2.75, 3.05) is 31.6 Å². The largest absolute Gasteiger partial charge is 0.379 e. The number of morpholine rings is 1. The molecule has 2 aromatic rings. The summed E-state index contributed by atoms with van der Waals surface area (Å²) in [7, 11) is -3.56. The zero-order valence-corrected chi connectivity index (χ0v) is 16.4. The van der Waals surface area contributed by atoms with Crippen LogP contribution in [0.5, 0.6) is 0 Å². The monoisotopic (exact) mass is 388 g/mol. The number of amides is 1. The number of hydrogen-bond donors (Lipinski definition) is 1. The predicted molar refractivity (Wildman–Crippen MR) is 105 cm³/mol. The van der Waals surface area contributed by atoms with Gasteiger partial charge in [-0.25, -0.2) is 8.42 Å². The smallest absolute Gasteiger partial charge is 0.255 e. The number of nitrogens with zero attached hydrogens (tertiary/aromatic N) is 1. The molecule has 7 heteroatoms. The molecule has 0 radical (unpaired) electrons. The fourth-order valence-electron chi connectivity index (χ4n) is 2.93. The van der Waals surface area contributed by atoms with Crippen molar-refractivity contribution >= 4 is 21.6 Å². The van der Waals surface area contributed by atoms with Gasteiger partial charge in [-0.2, -0.15) is 4.31 Å². The molecule has 1 fully saturated rings. The molecule has 0 aromatic heterocycles. The molecule has 3 rings (SSSR count). The van der Waals surface area contributed by atoms with Crippen molar-refractivity contribution in [3.8, 4) is 0 Å². The molecule has 6 nitrogen and oxygen atoms in total. The summed E-state index contributed by atoms with van der Waals surface area (Å²) in [5, 5.41) is 2.91. The zero-order valence-electron chi connectivity index (χ0n) is 15.6. The highest BCUT2D eigenvalue weighted by Crippen LogP contribution is 2.20. The highest BCUT2D eigenvalue weighted by molar-refractivity contribution is 7.89. The topological polar surface area (TPSA) is 75.7 Å². The minimum Gasteiger partial charge on any atom is -0.379 e. The molecule has 1 heterocycles. The van der Waals surface area contributed by atoms with Crippen molar-refractivity contribution in [3.05, 3.63) is 59.2 Å². The van der Waals surface area contributed by atoms with Crippen LogP contribution in [0.3, 0.4) is 0 Å². The molecule has 27 heavy (non-hydrogen) atoms. The molecule has 1 saturated heterocycles. The second kappa shape index (κ2) is 8.21. The van der Waals surface area contributed by atoms with E-state index in [0.29, 0.717) is 31.9 Å². The summed E-state index contributed by atoms with van der Waals surface area (Å²) in [6.45, 7) is 5.48. The van der Waals surface area contributed by atoms with E-state index in [1.807, 2.05) is 25.1 Å².